The van der Waals surface area contributed by atoms with Gasteiger partial charge in [0.2, 0.25) is 0 Å². The van der Waals surface area contributed by atoms with Crippen molar-refractivity contribution in [1.82, 2.24) is 4.98 Å². The average molecular weight is 240 g/mol. The Balaban J connectivity index is 2.20. The van der Waals surface area contributed by atoms with Crippen molar-refractivity contribution in [1.29, 1.82) is 0 Å². The molecule has 0 amide bonds. The van der Waals surface area contributed by atoms with Gasteiger partial charge >= 0.3 is 0 Å². The lowest BCUT2D eigenvalue weighted by atomic mass is 10.1. The molecule has 1 aromatic rings. The molecule has 17 heavy (non-hydrogen) atoms. The molecule has 1 aliphatic heterocycles. The molecule has 0 saturated carbocycles. The molecule has 5 heteroatoms. The standard InChI is InChI=1S/C12H17FN2O2/c1-15(10-3-6-17-7-4-10)12-11(13)9(8-16)2-5-14-12/h2,5,10,16H,3-4,6-8H2,1H3. The second kappa shape index (κ2) is 5.42. The Hall–Kier alpha value is -1.20. The van der Waals surface area contributed by atoms with Gasteiger partial charge in [-0.1, -0.05) is 0 Å². The minimum Gasteiger partial charge on any atom is -0.392 e. The zero-order valence-electron chi connectivity index (χ0n) is 9.90. The van der Waals surface area contributed by atoms with E-state index in [1.54, 1.807) is 0 Å². The minimum atomic E-state index is -0.427. The van der Waals surface area contributed by atoms with Crippen molar-refractivity contribution in [2.75, 3.05) is 25.2 Å². The van der Waals surface area contributed by atoms with E-state index in [1.165, 1.54) is 12.3 Å². The van der Waals surface area contributed by atoms with Gasteiger partial charge in [-0.05, 0) is 18.9 Å². The molecule has 0 aromatic carbocycles. The summed E-state index contributed by atoms with van der Waals surface area (Å²) in [6, 6.07) is 1.75. The van der Waals surface area contributed by atoms with Gasteiger partial charge < -0.3 is 14.7 Å². The molecule has 0 spiro atoms. The summed E-state index contributed by atoms with van der Waals surface area (Å²) in [6.45, 7) is 1.11. The number of aromatic nitrogens is 1. The first kappa shape index (κ1) is 12.3. The fourth-order valence-electron chi connectivity index (χ4n) is 2.08. The second-order valence-electron chi connectivity index (χ2n) is 4.22. The third-order valence-electron chi connectivity index (χ3n) is 3.19. The van der Waals surface area contributed by atoms with Crippen LogP contribution in [0, 0.1) is 5.82 Å². The summed E-state index contributed by atoms with van der Waals surface area (Å²) in [6.07, 6.45) is 3.28. The van der Waals surface area contributed by atoms with E-state index in [9.17, 15) is 4.39 Å². The zero-order valence-corrected chi connectivity index (χ0v) is 9.90. The normalized spacial score (nSPS) is 17.1. The summed E-state index contributed by atoms with van der Waals surface area (Å²) in [7, 11) is 1.84. The number of hydrogen-bond acceptors (Lipinski definition) is 4. The molecule has 1 N–H and O–H groups in total. The molecule has 94 valence electrons. The van der Waals surface area contributed by atoms with E-state index in [4.69, 9.17) is 9.84 Å². The van der Waals surface area contributed by atoms with Gasteiger partial charge in [0, 0.05) is 38.1 Å². The van der Waals surface area contributed by atoms with Gasteiger partial charge in [-0.2, -0.15) is 0 Å². The Labute approximate surface area is 100 Å². The van der Waals surface area contributed by atoms with Crippen molar-refractivity contribution in [3.05, 3.63) is 23.6 Å². The van der Waals surface area contributed by atoms with Crippen LogP contribution >= 0.6 is 0 Å². The fraction of sp³-hybridized carbons (Fsp3) is 0.583. The maximum atomic E-state index is 14.0. The van der Waals surface area contributed by atoms with Gasteiger partial charge in [0.05, 0.1) is 6.61 Å². The SMILES string of the molecule is CN(c1nccc(CO)c1F)C1CCOCC1. The predicted octanol–water partition coefficient (Wildman–Crippen LogP) is 1.33. The lowest BCUT2D eigenvalue weighted by molar-refractivity contribution is 0.0852. The van der Waals surface area contributed by atoms with Gasteiger partial charge in [-0.15, -0.1) is 0 Å². The number of nitrogens with zero attached hydrogens (tertiary/aromatic N) is 2. The fourth-order valence-corrected chi connectivity index (χ4v) is 2.08. The Bertz CT molecular complexity index is 381. The molecule has 1 aliphatic rings. The van der Waals surface area contributed by atoms with Crippen LogP contribution in [0.3, 0.4) is 0 Å². The van der Waals surface area contributed by atoms with E-state index in [0.717, 1.165) is 12.8 Å². The van der Waals surface area contributed by atoms with Crippen molar-refractivity contribution >= 4 is 5.82 Å². The van der Waals surface area contributed by atoms with Crippen LogP contribution in [0.25, 0.3) is 0 Å². The minimum absolute atomic E-state index is 0.250. The number of hydrogen-bond donors (Lipinski definition) is 1. The summed E-state index contributed by atoms with van der Waals surface area (Å²) >= 11 is 0. The first-order valence-corrected chi connectivity index (χ1v) is 5.79. The van der Waals surface area contributed by atoms with E-state index < -0.39 is 5.82 Å². The Morgan fingerprint density at radius 2 is 2.24 bits per heavy atom. The van der Waals surface area contributed by atoms with Crippen molar-refractivity contribution < 1.29 is 14.2 Å². The molecule has 2 rings (SSSR count). The van der Waals surface area contributed by atoms with Crippen LogP contribution in [-0.2, 0) is 11.3 Å². The average Bonchev–Trinajstić information content (AvgIpc) is 2.39. The van der Waals surface area contributed by atoms with Crippen LogP contribution < -0.4 is 4.90 Å². The Kier molecular flexibility index (Phi) is 3.91. The first-order valence-electron chi connectivity index (χ1n) is 5.79. The van der Waals surface area contributed by atoms with E-state index in [2.05, 4.69) is 4.98 Å². The van der Waals surface area contributed by atoms with Crippen molar-refractivity contribution in [2.24, 2.45) is 0 Å². The molecule has 1 fully saturated rings. The molecular formula is C12H17FN2O2. The van der Waals surface area contributed by atoms with Crippen LogP contribution in [0.2, 0.25) is 0 Å². The number of aliphatic hydroxyl groups excluding tert-OH is 1. The molecule has 0 bridgehead atoms. The molecule has 0 radical (unpaired) electrons. The van der Waals surface area contributed by atoms with Crippen molar-refractivity contribution in [2.45, 2.75) is 25.5 Å². The van der Waals surface area contributed by atoms with E-state index in [0.29, 0.717) is 19.0 Å². The third-order valence-corrected chi connectivity index (χ3v) is 3.19. The lowest BCUT2D eigenvalue weighted by Gasteiger charge is -2.32. The number of halogens is 1. The van der Waals surface area contributed by atoms with Crippen LogP contribution in [0.5, 0.6) is 0 Å². The van der Waals surface area contributed by atoms with E-state index in [1.807, 2.05) is 11.9 Å². The molecule has 0 aliphatic carbocycles. The van der Waals surface area contributed by atoms with Gasteiger partial charge in [0.1, 0.15) is 0 Å². The van der Waals surface area contributed by atoms with Crippen LogP contribution in [0.1, 0.15) is 18.4 Å². The highest BCUT2D eigenvalue weighted by Crippen LogP contribution is 2.23. The van der Waals surface area contributed by atoms with Crippen molar-refractivity contribution in [3.63, 3.8) is 0 Å². The highest BCUT2D eigenvalue weighted by Gasteiger charge is 2.22. The number of aliphatic hydroxyl groups is 1. The number of ether oxygens (including phenoxy) is 1. The van der Waals surface area contributed by atoms with Crippen molar-refractivity contribution in [3.8, 4) is 0 Å². The molecule has 4 nitrogen and oxygen atoms in total. The number of anilines is 1. The molecule has 1 saturated heterocycles. The van der Waals surface area contributed by atoms with Gasteiger partial charge in [-0.25, -0.2) is 9.37 Å². The summed E-state index contributed by atoms with van der Waals surface area (Å²) in [5, 5.41) is 9.03. The summed E-state index contributed by atoms with van der Waals surface area (Å²) in [4.78, 5) is 5.91. The summed E-state index contributed by atoms with van der Waals surface area (Å²) < 4.78 is 19.3. The summed E-state index contributed by atoms with van der Waals surface area (Å²) in [5.41, 5.74) is 0.286. The van der Waals surface area contributed by atoms with Gasteiger partial charge in [0.15, 0.2) is 11.6 Å². The quantitative estimate of drug-likeness (QED) is 0.865. The Morgan fingerprint density at radius 3 is 2.88 bits per heavy atom. The van der Waals surface area contributed by atoms with E-state index >= 15 is 0 Å². The maximum absolute atomic E-state index is 14.0. The van der Waals surface area contributed by atoms with E-state index in [-0.39, 0.29) is 18.2 Å². The van der Waals surface area contributed by atoms with Crippen LogP contribution in [-0.4, -0.2) is 36.4 Å². The molecule has 1 aromatic heterocycles. The van der Waals surface area contributed by atoms with Gasteiger partial charge in [0.25, 0.3) is 0 Å². The molecular weight excluding hydrogens is 223 g/mol. The number of rotatable bonds is 3. The van der Waals surface area contributed by atoms with Crippen LogP contribution in [0.4, 0.5) is 10.2 Å². The highest BCUT2D eigenvalue weighted by molar-refractivity contribution is 5.43. The first-order chi connectivity index (χ1) is 8.24. The lowest BCUT2D eigenvalue weighted by Crippen LogP contribution is -2.37. The molecule has 0 unspecified atom stereocenters. The maximum Gasteiger partial charge on any atom is 0.171 e. The predicted molar refractivity (Wildman–Crippen MR) is 62.4 cm³/mol. The Morgan fingerprint density at radius 1 is 1.53 bits per heavy atom. The van der Waals surface area contributed by atoms with Crippen LogP contribution in [0.15, 0.2) is 12.3 Å². The monoisotopic (exact) mass is 240 g/mol. The number of pyridine rings is 1. The second-order valence-corrected chi connectivity index (χ2v) is 4.22. The zero-order chi connectivity index (χ0) is 12.3. The largest absolute Gasteiger partial charge is 0.392 e. The van der Waals surface area contributed by atoms with Gasteiger partial charge in [-0.3, -0.25) is 0 Å². The topological polar surface area (TPSA) is 45.6 Å². The summed E-state index contributed by atoms with van der Waals surface area (Å²) in [5.74, 6) is -0.118. The third kappa shape index (κ3) is 2.56. The molecule has 2 heterocycles. The molecule has 0 atom stereocenters. The highest BCUT2D eigenvalue weighted by atomic mass is 19.1. The smallest absolute Gasteiger partial charge is 0.171 e.